The van der Waals surface area contributed by atoms with Gasteiger partial charge in [0.1, 0.15) is 6.61 Å². The molecule has 0 aromatic heterocycles. The smallest absolute Gasteiger partial charge is 0.340 e. The highest BCUT2D eigenvalue weighted by Gasteiger charge is 2.11. The zero-order valence-electron chi connectivity index (χ0n) is 10.2. The molecule has 0 saturated carbocycles. The Labute approximate surface area is 111 Å². The van der Waals surface area contributed by atoms with Crippen LogP contribution in [0.2, 0.25) is 0 Å². The molecule has 2 N–H and O–H groups in total. The van der Waals surface area contributed by atoms with Gasteiger partial charge in [0.2, 0.25) is 0 Å². The lowest BCUT2D eigenvalue weighted by Gasteiger charge is -2.07. The largest absolute Gasteiger partial charge is 0.457 e. The molecule has 0 aliphatic heterocycles. The molecular weight excluding hydrogens is 240 g/mol. The SMILES string of the molecule is N#Cc1ccccc1COC(=O)c1ccccc1N. The minimum atomic E-state index is -0.495. The van der Waals surface area contributed by atoms with Gasteiger partial charge in [0.15, 0.2) is 0 Å². The molecule has 0 amide bonds. The molecule has 0 atom stereocenters. The van der Waals surface area contributed by atoms with Crippen molar-refractivity contribution in [3.8, 4) is 6.07 Å². The summed E-state index contributed by atoms with van der Waals surface area (Å²) < 4.78 is 5.17. The fraction of sp³-hybridized carbons (Fsp3) is 0.0667. The zero-order valence-corrected chi connectivity index (χ0v) is 10.2. The Morgan fingerprint density at radius 3 is 2.58 bits per heavy atom. The highest BCUT2D eigenvalue weighted by Crippen LogP contribution is 2.14. The first kappa shape index (κ1) is 12.7. The molecule has 0 fully saturated rings. The standard InChI is InChI=1S/C15H12N2O2/c16-9-11-5-1-2-6-12(11)10-19-15(18)13-7-3-4-8-14(13)17/h1-8H,10,17H2. The van der Waals surface area contributed by atoms with Gasteiger partial charge in [-0.05, 0) is 18.2 Å². The molecule has 19 heavy (non-hydrogen) atoms. The lowest BCUT2D eigenvalue weighted by atomic mass is 10.1. The topological polar surface area (TPSA) is 76.1 Å². The second-order valence-corrected chi connectivity index (χ2v) is 3.93. The van der Waals surface area contributed by atoms with Crippen molar-refractivity contribution in [1.29, 1.82) is 5.26 Å². The van der Waals surface area contributed by atoms with Gasteiger partial charge in [-0.2, -0.15) is 5.26 Å². The third-order valence-corrected chi connectivity index (χ3v) is 2.68. The lowest BCUT2D eigenvalue weighted by molar-refractivity contribution is 0.0474. The molecule has 0 spiro atoms. The Bertz CT molecular complexity index is 645. The molecule has 2 rings (SSSR count). The first-order valence-corrected chi connectivity index (χ1v) is 5.72. The van der Waals surface area contributed by atoms with Crippen molar-refractivity contribution in [2.75, 3.05) is 5.73 Å². The molecule has 4 heteroatoms. The van der Waals surface area contributed by atoms with Crippen LogP contribution < -0.4 is 5.73 Å². The van der Waals surface area contributed by atoms with E-state index in [4.69, 9.17) is 15.7 Å². The third kappa shape index (κ3) is 2.90. The van der Waals surface area contributed by atoms with Gasteiger partial charge in [-0.15, -0.1) is 0 Å². The number of benzene rings is 2. The van der Waals surface area contributed by atoms with Crippen molar-refractivity contribution >= 4 is 11.7 Å². The van der Waals surface area contributed by atoms with Gasteiger partial charge in [0.25, 0.3) is 0 Å². The summed E-state index contributed by atoms with van der Waals surface area (Å²) in [6.07, 6.45) is 0. The average molecular weight is 252 g/mol. The summed E-state index contributed by atoms with van der Waals surface area (Å²) in [6, 6.07) is 15.8. The summed E-state index contributed by atoms with van der Waals surface area (Å²) in [6.45, 7) is 0.0525. The Balaban J connectivity index is 2.10. The highest BCUT2D eigenvalue weighted by atomic mass is 16.5. The summed E-state index contributed by atoms with van der Waals surface area (Å²) in [5.74, 6) is -0.495. The number of ether oxygens (including phenoxy) is 1. The molecule has 0 radical (unpaired) electrons. The van der Waals surface area contributed by atoms with E-state index in [0.717, 1.165) is 0 Å². The quantitative estimate of drug-likeness (QED) is 0.672. The van der Waals surface area contributed by atoms with Crippen LogP contribution in [-0.4, -0.2) is 5.97 Å². The fourth-order valence-electron chi connectivity index (χ4n) is 1.66. The number of nitrogens with zero attached hydrogens (tertiary/aromatic N) is 1. The fourth-order valence-corrected chi connectivity index (χ4v) is 1.66. The predicted molar refractivity (Wildman–Crippen MR) is 71.1 cm³/mol. The molecule has 4 nitrogen and oxygen atoms in total. The van der Waals surface area contributed by atoms with E-state index >= 15 is 0 Å². The van der Waals surface area contributed by atoms with E-state index in [2.05, 4.69) is 6.07 Å². The molecular formula is C15H12N2O2. The number of esters is 1. The molecule has 0 heterocycles. The van der Waals surface area contributed by atoms with Crippen LogP contribution in [0.25, 0.3) is 0 Å². The number of nitrogens with two attached hydrogens (primary N) is 1. The van der Waals surface area contributed by atoms with Crippen LogP contribution in [0.4, 0.5) is 5.69 Å². The maximum Gasteiger partial charge on any atom is 0.340 e. The normalized spacial score (nSPS) is 9.63. The lowest BCUT2D eigenvalue weighted by Crippen LogP contribution is -2.08. The van der Waals surface area contributed by atoms with Crippen LogP contribution in [0.15, 0.2) is 48.5 Å². The molecule has 0 aliphatic rings. The number of carbonyl (C=O) groups excluding carboxylic acids is 1. The van der Waals surface area contributed by atoms with Crippen molar-refractivity contribution in [3.05, 3.63) is 65.2 Å². The predicted octanol–water partition coefficient (Wildman–Crippen LogP) is 2.50. The van der Waals surface area contributed by atoms with Crippen molar-refractivity contribution < 1.29 is 9.53 Å². The van der Waals surface area contributed by atoms with Crippen LogP contribution >= 0.6 is 0 Å². The minimum absolute atomic E-state index is 0.0525. The number of rotatable bonds is 3. The van der Waals surface area contributed by atoms with E-state index in [1.54, 1.807) is 48.5 Å². The van der Waals surface area contributed by atoms with Gasteiger partial charge < -0.3 is 10.5 Å². The molecule has 0 saturated heterocycles. The molecule has 2 aromatic rings. The number of nitriles is 1. The first-order valence-electron chi connectivity index (χ1n) is 5.72. The number of nitrogen functional groups attached to an aromatic ring is 1. The summed E-state index contributed by atoms with van der Waals surface area (Å²) in [7, 11) is 0. The van der Waals surface area contributed by atoms with Crippen LogP contribution in [0, 0.1) is 11.3 Å². The second kappa shape index (κ2) is 5.69. The monoisotopic (exact) mass is 252 g/mol. The molecule has 0 bridgehead atoms. The van der Waals surface area contributed by atoms with Crippen molar-refractivity contribution in [3.63, 3.8) is 0 Å². The molecule has 94 valence electrons. The van der Waals surface area contributed by atoms with Gasteiger partial charge in [-0.1, -0.05) is 30.3 Å². The Hall–Kier alpha value is -2.80. The number of hydrogen-bond acceptors (Lipinski definition) is 4. The second-order valence-electron chi connectivity index (χ2n) is 3.93. The Kier molecular flexibility index (Phi) is 3.79. The van der Waals surface area contributed by atoms with Gasteiger partial charge in [-0.25, -0.2) is 4.79 Å². The number of carbonyl (C=O) groups is 1. The molecule has 0 aliphatic carbocycles. The van der Waals surface area contributed by atoms with Gasteiger partial charge in [-0.3, -0.25) is 0 Å². The van der Waals surface area contributed by atoms with Crippen LogP contribution in [0.5, 0.6) is 0 Å². The zero-order chi connectivity index (χ0) is 13.7. The average Bonchev–Trinajstić information content (AvgIpc) is 2.45. The van der Waals surface area contributed by atoms with Crippen LogP contribution in [0.1, 0.15) is 21.5 Å². The highest BCUT2D eigenvalue weighted by molar-refractivity contribution is 5.94. The van der Waals surface area contributed by atoms with E-state index in [-0.39, 0.29) is 6.61 Å². The van der Waals surface area contributed by atoms with Crippen LogP contribution in [-0.2, 0) is 11.3 Å². The van der Waals surface area contributed by atoms with E-state index in [1.807, 2.05) is 0 Å². The number of anilines is 1. The van der Waals surface area contributed by atoms with Gasteiger partial charge >= 0.3 is 5.97 Å². The number of para-hydroxylation sites is 1. The Morgan fingerprint density at radius 2 is 1.84 bits per heavy atom. The van der Waals surface area contributed by atoms with E-state index in [9.17, 15) is 4.79 Å². The molecule has 2 aromatic carbocycles. The third-order valence-electron chi connectivity index (χ3n) is 2.68. The summed E-state index contributed by atoms with van der Waals surface area (Å²) in [5.41, 5.74) is 7.57. The van der Waals surface area contributed by atoms with Crippen molar-refractivity contribution in [2.45, 2.75) is 6.61 Å². The van der Waals surface area contributed by atoms with Crippen LogP contribution in [0.3, 0.4) is 0 Å². The maximum absolute atomic E-state index is 11.9. The summed E-state index contributed by atoms with van der Waals surface area (Å²) >= 11 is 0. The summed E-state index contributed by atoms with van der Waals surface area (Å²) in [4.78, 5) is 11.9. The van der Waals surface area contributed by atoms with E-state index < -0.39 is 5.97 Å². The van der Waals surface area contributed by atoms with Crippen molar-refractivity contribution in [1.82, 2.24) is 0 Å². The summed E-state index contributed by atoms with van der Waals surface area (Å²) in [5, 5.41) is 8.93. The minimum Gasteiger partial charge on any atom is -0.457 e. The van der Waals surface area contributed by atoms with Gasteiger partial charge in [0.05, 0.1) is 17.2 Å². The maximum atomic E-state index is 11.9. The van der Waals surface area contributed by atoms with Crippen molar-refractivity contribution in [2.24, 2.45) is 0 Å². The van der Waals surface area contributed by atoms with Gasteiger partial charge in [0, 0.05) is 11.3 Å². The van der Waals surface area contributed by atoms with E-state index in [1.165, 1.54) is 0 Å². The Morgan fingerprint density at radius 1 is 1.16 bits per heavy atom. The number of hydrogen-bond donors (Lipinski definition) is 1. The first-order chi connectivity index (χ1) is 9.22. The van der Waals surface area contributed by atoms with E-state index in [0.29, 0.717) is 22.4 Å². The molecule has 0 unspecified atom stereocenters.